The number of carbonyl (C=O) groups is 1. The van der Waals surface area contributed by atoms with Crippen LogP contribution in [-0.2, 0) is 16.1 Å². The van der Waals surface area contributed by atoms with Gasteiger partial charge < -0.3 is 29.2 Å². The molecule has 1 fully saturated rings. The number of para-hydroxylation sites is 1. The van der Waals surface area contributed by atoms with Crippen molar-refractivity contribution in [3.63, 3.8) is 0 Å². The molecule has 3 aromatic carbocycles. The van der Waals surface area contributed by atoms with Crippen molar-refractivity contribution < 1.29 is 23.7 Å². The third-order valence-electron chi connectivity index (χ3n) is 6.57. The Kier molecular flexibility index (Phi) is 8.88. The van der Waals surface area contributed by atoms with Crippen molar-refractivity contribution in [2.75, 3.05) is 44.9 Å². The number of ether oxygens (including phenoxy) is 4. The first kappa shape index (κ1) is 26.5. The van der Waals surface area contributed by atoms with E-state index in [4.69, 9.17) is 18.9 Å². The van der Waals surface area contributed by atoms with E-state index in [2.05, 4.69) is 10.3 Å². The van der Waals surface area contributed by atoms with Crippen molar-refractivity contribution in [3.05, 3.63) is 90.6 Å². The molecule has 202 valence electrons. The monoisotopic (exact) mass is 527 g/mol. The fourth-order valence-corrected chi connectivity index (χ4v) is 4.61. The fourth-order valence-electron chi connectivity index (χ4n) is 4.61. The summed E-state index contributed by atoms with van der Waals surface area (Å²) in [6.45, 7) is 2.94. The molecule has 1 N–H and O–H groups in total. The minimum atomic E-state index is -0.136. The van der Waals surface area contributed by atoms with E-state index < -0.39 is 0 Å². The molecule has 39 heavy (non-hydrogen) atoms. The fraction of sp³-hybridized carbons (Fsp3) is 0.290. The average Bonchev–Trinajstić information content (AvgIpc) is 2.98. The molecule has 0 unspecified atom stereocenters. The second-order valence-electron chi connectivity index (χ2n) is 9.28. The number of hydrogen-bond acceptors (Lipinski definition) is 7. The van der Waals surface area contributed by atoms with E-state index in [9.17, 15) is 4.79 Å². The molecule has 0 aliphatic carbocycles. The number of nitrogens with one attached hydrogen (secondary N) is 1. The van der Waals surface area contributed by atoms with Gasteiger partial charge in [-0.25, -0.2) is 0 Å². The normalized spacial score (nSPS) is 15.4. The Balaban J connectivity index is 1.11. The molecular formula is C31H33N3O5. The lowest BCUT2D eigenvalue weighted by molar-refractivity contribution is -0.119. The highest BCUT2D eigenvalue weighted by molar-refractivity contribution is 5.96. The van der Waals surface area contributed by atoms with E-state index in [1.54, 1.807) is 13.3 Å². The Morgan fingerprint density at radius 2 is 1.79 bits per heavy atom. The van der Waals surface area contributed by atoms with E-state index in [0.29, 0.717) is 39.5 Å². The van der Waals surface area contributed by atoms with Crippen molar-refractivity contribution in [2.45, 2.75) is 19.1 Å². The van der Waals surface area contributed by atoms with Crippen LogP contribution >= 0.6 is 0 Å². The van der Waals surface area contributed by atoms with Gasteiger partial charge in [0.25, 0.3) is 0 Å². The summed E-state index contributed by atoms with van der Waals surface area (Å²) in [5.41, 5.74) is 2.77. The first-order chi connectivity index (χ1) is 19.2. The Bertz CT molecular complexity index is 1380. The molecule has 1 aromatic heterocycles. The van der Waals surface area contributed by atoms with Crippen molar-refractivity contribution in [3.8, 4) is 17.2 Å². The largest absolute Gasteiger partial charge is 0.496 e. The van der Waals surface area contributed by atoms with Crippen molar-refractivity contribution in [2.24, 2.45) is 0 Å². The molecule has 8 heteroatoms. The number of piperazine rings is 1. The van der Waals surface area contributed by atoms with Crippen LogP contribution in [0.25, 0.3) is 10.9 Å². The molecule has 1 amide bonds. The van der Waals surface area contributed by atoms with E-state index >= 15 is 0 Å². The maximum Gasteiger partial charge on any atom is 0.241 e. The molecule has 1 aliphatic rings. The van der Waals surface area contributed by atoms with E-state index in [0.717, 1.165) is 45.8 Å². The Morgan fingerprint density at radius 3 is 2.67 bits per heavy atom. The third-order valence-corrected chi connectivity index (χ3v) is 6.57. The lowest BCUT2D eigenvalue weighted by Gasteiger charge is -2.36. The van der Waals surface area contributed by atoms with E-state index in [-0.39, 0.29) is 11.9 Å². The quantitative estimate of drug-likeness (QED) is 0.270. The number of nitrogens with zero attached hydrogens (tertiary/aromatic N) is 2. The van der Waals surface area contributed by atoms with Gasteiger partial charge in [0, 0.05) is 35.8 Å². The zero-order valence-corrected chi connectivity index (χ0v) is 22.0. The van der Waals surface area contributed by atoms with Crippen LogP contribution in [0, 0.1) is 0 Å². The van der Waals surface area contributed by atoms with Gasteiger partial charge in [0.15, 0.2) is 0 Å². The van der Waals surface area contributed by atoms with Crippen molar-refractivity contribution >= 4 is 22.5 Å². The van der Waals surface area contributed by atoms with Gasteiger partial charge in [-0.15, -0.1) is 0 Å². The van der Waals surface area contributed by atoms with Crippen molar-refractivity contribution in [1.29, 1.82) is 0 Å². The van der Waals surface area contributed by atoms with Crippen LogP contribution in [-0.4, -0.2) is 57.0 Å². The van der Waals surface area contributed by atoms with Gasteiger partial charge in [-0.3, -0.25) is 9.78 Å². The molecule has 8 nitrogen and oxygen atoms in total. The van der Waals surface area contributed by atoms with Gasteiger partial charge in [0.05, 0.1) is 45.0 Å². The zero-order valence-electron chi connectivity index (χ0n) is 22.0. The molecule has 0 spiro atoms. The first-order valence-corrected chi connectivity index (χ1v) is 13.1. The van der Waals surface area contributed by atoms with Gasteiger partial charge in [-0.2, -0.15) is 0 Å². The highest BCUT2D eigenvalue weighted by atomic mass is 16.5. The minimum Gasteiger partial charge on any atom is -0.496 e. The maximum absolute atomic E-state index is 12.8. The molecule has 0 bridgehead atoms. The molecule has 1 aliphatic heterocycles. The van der Waals surface area contributed by atoms with Crippen LogP contribution in [0.15, 0.2) is 85.1 Å². The summed E-state index contributed by atoms with van der Waals surface area (Å²) < 4.78 is 23.1. The SMILES string of the molecule is COc1ccccc1COCCCOc1ccc(N2C(=O)CNC[C@@H]2COc2ccc3ncccc3c2)cc1. The number of carbonyl (C=O) groups excluding carboxylic acids is 1. The average molecular weight is 528 g/mol. The third kappa shape index (κ3) is 6.85. The molecule has 4 aromatic rings. The summed E-state index contributed by atoms with van der Waals surface area (Å²) in [7, 11) is 1.66. The number of benzene rings is 3. The lowest BCUT2D eigenvalue weighted by Crippen LogP contribution is -2.57. The Morgan fingerprint density at radius 1 is 0.949 bits per heavy atom. The second-order valence-corrected chi connectivity index (χ2v) is 9.28. The molecule has 0 radical (unpaired) electrons. The molecular weight excluding hydrogens is 494 g/mol. The topological polar surface area (TPSA) is 82.2 Å². The molecule has 1 saturated heterocycles. The summed E-state index contributed by atoms with van der Waals surface area (Å²) in [5.74, 6) is 2.35. The van der Waals surface area contributed by atoms with Gasteiger partial charge in [0.2, 0.25) is 5.91 Å². The number of amides is 1. The second kappa shape index (κ2) is 13.1. The van der Waals surface area contributed by atoms with Crippen molar-refractivity contribution in [1.82, 2.24) is 10.3 Å². The number of hydrogen-bond donors (Lipinski definition) is 1. The van der Waals surface area contributed by atoms with Gasteiger partial charge >= 0.3 is 0 Å². The van der Waals surface area contributed by atoms with E-state index in [1.165, 1.54) is 0 Å². The van der Waals surface area contributed by atoms with Gasteiger partial charge in [-0.1, -0.05) is 24.3 Å². The number of methoxy groups -OCH3 is 1. The number of pyridine rings is 1. The molecule has 5 rings (SSSR count). The highest BCUT2D eigenvalue weighted by Gasteiger charge is 2.29. The summed E-state index contributed by atoms with van der Waals surface area (Å²) in [6, 6.07) is 25.1. The number of rotatable bonds is 12. The predicted molar refractivity (Wildman–Crippen MR) is 151 cm³/mol. The first-order valence-electron chi connectivity index (χ1n) is 13.1. The van der Waals surface area contributed by atoms with Crippen LogP contribution in [0.4, 0.5) is 5.69 Å². The summed E-state index contributed by atoms with van der Waals surface area (Å²) >= 11 is 0. The van der Waals surface area contributed by atoms with E-state index in [1.807, 2.05) is 83.8 Å². The minimum absolute atomic E-state index is 0.0124. The van der Waals surface area contributed by atoms with Crippen LogP contribution in [0.1, 0.15) is 12.0 Å². The molecule has 1 atom stereocenters. The van der Waals surface area contributed by atoms with Crippen LogP contribution < -0.4 is 24.4 Å². The number of fused-ring (bicyclic) bond motifs is 1. The van der Waals surface area contributed by atoms with Crippen LogP contribution in [0.3, 0.4) is 0 Å². The predicted octanol–water partition coefficient (Wildman–Crippen LogP) is 4.61. The molecule has 2 heterocycles. The standard InChI is InChI=1S/C31H33N3O5/c1-36-30-8-3-2-6-24(30)21-37-16-5-17-38-27-11-9-25(10-12-27)34-26(19-32-20-31(34)35)22-39-28-13-14-29-23(18-28)7-4-15-33-29/h2-4,6-15,18,26,32H,5,16-17,19-22H2,1H3/t26-/m1/s1. The Hall–Kier alpha value is -4.14. The molecule has 0 saturated carbocycles. The lowest BCUT2D eigenvalue weighted by atomic mass is 10.1. The van der Waals surface area contributed by atoms with Crippen LogP contribution in [0.5, 0.6) is 17.2 Å². The number of anilines is 1. The van der Waals surface area contributed by atoms with Gasteiger partial charge in [0.1, 0.15) is 23.9 Å². The summed E-state index contributed by atoms with van der Waals surface area (Å²) in [4.78, 5) is 19.0. The Labute approximate surface area is 228 Å². The summed E-state index contributed by atoms with van der Waals surface area (Å²) in [5, 5.41) is 4.22. The zero-order chi connectivity index (χ0) is 26.9. The van der Waals surface area contributed by atoms with Crippen LogP contribution in [0.2, 0.25) is 0 Å². The number of aromatic nitrogens is 1. The summed E-state index contributed by atoms with van der Waals surface area (Å²) in [6.07, 6.45) is 2.53. The smallest absolute Gasteiger partial charge is 0.241 e. The highest BCUT2D eigenvalue weighted by Crippen LogP contribution is 2.25. The maximum atomic E-state index is 12.8. The van der Waals surface area contributed by atoms with Gasteiger partial charge in [-0.05, 0) is 54.6 Å².